The lowest BCUT2D eigenvalue weighted by Crippen LogP contribution is -2.34. The largest absolute Gasteiger partial charge is 0.466 e. The Hall–Kier alpha value is -2.08. The van der Waals surface area contributed by atoms with E-state index in [1.54, 1.807) is 41.5 Å². The van der Waals surface area contributed by atoms with Crippen molar-refractivity contribution in [2.75, 3.05) is 19.7 Å². The van der Waals surface area contributed by atoms with Crippen LogP contribution < -0.4 is 0 Å². The van der Waals surface area contributed by atoms with Crippen molar-refractivity contribution in [2.45, 2.75) is 27.2 Å². The minimum Gasteiger partial charge on any atom is -0.466 e. The molecule has 0 saturated carbocycles. The van der Waals surface area contributed by atoms with E-state index >= 15 is 0 Å². The summed E-state index contributed by atoms with van der Waals surface area (Å²) in [7, 11) is 0. The third-order valence-electron chi connectivity index (χ3n) is 3.53. The van der Waals surface area contributed by atoms with Gasteiger partial charge in [-0.2, -0.15) is 0 Å². The number of aryl methyl sites for hydroxylation is 1. The Morgan fingerprint density at radius 2 is 2.13 bits per heavy atom. The van der Waals surface area contributed by atoms with Crippen molar-refractivity contribution in [3.05, 3.63) is 34.7 Å². The average molecular weight is 338 g/mol. The van der Waals surface area contributed by atoms with Gasteiger partial charge in [0, 0.05) is 30.4 Å². The number of carbonyl (C=O) groups is 2. The minimum absolute atomic E-state index is 0.163. The number of nitrogens with zero attached hydrogens (tertiary/aromatic N) is 3. The normalized spacial score (nSPS) is 10.8. The molecular formula is C16H20ClN3O3. The first-order chi connectivity index (χ1) is 11.0. The molecule has 0 radical (unpaired) electrons. The lowest BCUT2D eigenvalue weighted by Gasteiger charge is -2.20. The molecule has 0 aromatic carbocycles. The maximum atomic E-state index is 12.8. The van der Waals surface area contributed by atoms with Crippen molar-refractivity contribution < 1.29 is 14.3 Å². The number of hydrogen-bond donors (Lipinski definition) is 0. The molecule has 0 unspecified atom stereocenters. The molecule has 0 atom stereocenters. The third kappa shape index (κ3) is 3.82. The summed E-state index contributed by atoms with van der Waals surface area (Å²) in [5, 5.41) is 0.566. The van der Waals surface area contributed by atoms with Gasteiger partial charge in [-0.3, -0.25) is 14.0 Å². The van der Waals surface area contributed by atoms with Crippen LogP contribution >= 0.6 is 11.6 Å². The zero-order valence-electron chi connectivity index (χ0n) is 13.5. The molecule has 0 N–H and O–H groups in total. The quantitative estimate of drug-likeness (QED) is 0.760. The SMILES string of the molecule is CCOC(=O)CCN(CC)C(=O)c1c(C)nc2cc(Cl)ccn12. The van der Waals surface area contributed by atoms with Crippen LogP contribution in [0.15, 0.2) is 18.3 Å². The predicted octanol–water partition coefficient (Wildman–Crippen LogP) is 2.71. The Morgan fingerprint density at radius 1 is 1.39 bits per heavy atom. The molecule has 2 aromatic heterocycles. The molecule has 7 heteroatoms. The van der Waals surface area contributed by atoms with E-state index in [-0.39, 0.29) is 18.3 Å². The lowest BCUT2D eigenvalue weighted by atomic mass is 10.2. The van der Waals surface area contributed by atoms with Gasteiger partial charge in [-0.1, -0.05) is 11.6 Å². The monoisotopic (exact) mass is 337 g/mol. The summed E-state index contributed by atoms with van der Waals surface area (Å²) in [6.45, 7) is 6.57. The Balaban J connectivity index is 2.24. The van der Waals surface area contributed by atoms with E-state index in [9.17, 15) is 9.59 Å². The van der Waals surface area contributed by atoms with Crippen LogP contribution in [-0.2, 0) is 9.53 Å². The van der Waals surface area contributed by atoms with Crippen molar-refractivity contribution in [1.82, 2.24) is 14.3 Å². The fraction of sp³-hybridized carbons (Fsp3) is 0.438. The summed E-state index contributed by atoms with van der Waals surface area (Å²) < 4.78 is 6.62. The molecule has 0 aliphatic heterocycles. The molecule has 0 fully saturated rings. The number of imidazole rings is 1. The molecule has 1 amide bonds. The second-order valence-corrected chi connectivity index (χ2v) is 5.50. The Morgan fingerprint density at radius 3 is 2.78 bits per heavy atom. The Labute approximate surface area is 140 Å². The van der Waals surface area contributed by atoms with E-state index in [4.69, 9.17) is 16.3 Å². The van der Waals surface area contributed by atoms with Crippen LogP contribution in [0, 0.1) is 6.92 Å². The van der Waals surface area contributed by atoms with E-state index < -0.39 is 0 Å². The highest BCUT2D eigenvalue weighted by Gasteiger charge is 2.22. The van der Waals surface area contributed by atoms with Gasteiger partial charge in [0.25, 0.3) is 5.91 Å². The van der Waals surface area contributed by atoms with E-state index in [0.29, 0.717) is 41.8 Å². The van der Waals surface area contributed by atoms with Crippen LogP contribution in [0.2, 0.25) is 5.02 Å². The first kappa shape index (κ1) is 17.3. The van der Waals surface area contributed by atoms with Crippen molar-refractivity contribution >= 4 is 29.1 Å². The fourth-order valence-corrected chi connectivity index (χ4v) is 2.56. The van der Waals surface area contributed by atoms with Gasteiger partial charge in [0.2, 0.25) is 0 Å². The zero-order valence-corrected chi connectivity index (χ0v) is 14.3. The standard InChI is InChI=1S/C16H20ClN3O3/c1-4-19(8-7-14(21)23-5-2)16(22)15-11(3)18-13-10-12(17)6-9-20(13)15/h6,9-10H,4-5,7-8H2,1-3H3. The van der Waals surface area contributed by atoms with Gasteiger partial charge in [0.15, 0.2) is 0 Å². The summed E-state index contributed by atoms with van der Waals surface area (Å²) >= 11 is 5.96. The predicted molar refractivity (Wildman–Crippen MR) is 87.8 cm³/mol. The number of amides is 1. The molecule has 0 bridgehead atoms. The summed E-state index contributed by atoms with van der Waals surface area (Å²) in [4.78, 5) is 30.3. The van der Waals surface area contributed by atoms with Gasteiger partial charge in [-0.25, -0.2) is 4.98 Å². The molecule has 2 rings (SSSR count). The Kier molecular flexibility index (Phi) is 5.60. The zero-order chi connectivity index (χ0) is 17.0. The van der Waals surface area contributed by atoms with Crippen LogP contribution in [0.5, 0.6) is 0 Å². The molecule has 2 aromatic rings. The molecule has 2 heterocycles. The van der Waals surface area contributed by atoms with Crippen LogP contribution in [0.25, 0.3) is 5.65 Å². The first-order valence-electron chi connectivity index (χ1n) is 7.57. The molecular weight excluding hydrogens is 318 g/mol. The van der Waals surface area contributed by atoms with E-state index in [1.807, 2.05) is 6.92 Å². The number of fused-ring (bicyclic) bond motifs is 1. The second kappa shape index (κ2) is 7.46. The Bertz CT molecular complexity index is 727. The molecule has 0 aliphatic carbocycles. The van der Waals surface area contributed by atoms with E-state index in [1.165, 1.54) is 0 Å². The van der Waals surface area contributed by atoms with E-state index in [0.717, 1.165) is 0 Å². The number of rotatable bonds is 6. The molecule has 0 aliphatic rings. The van der Waals surface area contributed by atoms with Crippen LogP contribution in [0.1, 0.15) is 36.5 Å². The number of ether oxygens (including phenoxy) is 1. The van der Waals surface area contributed by atoms with Gasteiger partial charge < -0.3 is 9.64 Å². The fourth-order valence-electron chi connectivity index (χ4n) is 2.41. The van der Waals surface area contributed by atoms with Crippen molar-refractivity contribution in [3.8, 4) is 0 Å². The van der Waals surface area contributed by atoms with Crippen LogP contribution in [-0.4, -0.2) is 45.9 Å². The topological polar surface area (TPSA) is 63.9 Å². The highest BCUT2D eigenvalue weighted by atomic mass is 35.5. The third-order valence-corrected chi connectivity index (χ3v) is 3.76. The summed E-state index contributed by atoms with van der Waals surface area (Å²) in [5.74, 6) is -0.468. The van der Waals surface area contributed by atoms with Gasteiger partial charge in [0.05, 0.1) is 18.7 Å². The van der Waals surface area contributed by atoms with Gasteiger partial charge in [0.1, 0.15) is 11.3 Å². The number of pyridine rings is 1. The van der Waals surface area contributed by atoms with Gasteiger partial charge >= 0.3 is 5.97 Å². The minimum atomic E-state index is -0.305. The summed E-state index contributed by atoms with van der Waals surface area (Å²) in [5.41, 5.74) is 1.74. The molecule has 0 saturated heterocycles. The molecule has 0 spiro atoms. The van der Waals surface area contributed by atoms with E-state index in [2.05, 4.69) is 4.98 Å². The number of carbonyl (C=O) groups excluding carboxylic acids is 2. The highest BCUT2D eigenvalue weighted by Crippen LogP contribution is 2.18. The van der Waals surface area contributed by atoms with Crippen molar-refractivity contribution in [2.24, 2.45) is 0 Å². The van der Waals surface area contributed by atoms with Gasteiger partial charge in [-0.15, -0.1) is 0 Å². The maximum absolute atomic E-state index is 12.8. The number of aromatic nitrogens is 2. The van der Waals surface area contributed by atoms with Crippen molar-refractivity contribution in [1.29, 1.82) is 0 Å². The maximum Gasteiger partial charge on any atom is 0.307 e. The molecule has 124 valence electrons. The van der Waals surface area contributed by atoms with Gasteiger partial charge in [-0.05, 0) is 26.8 Å². The number of hydrogen-bond acceptors (Lipinski definition) is 4. The highest BCUT2D eigenvalue weighted by molar-refractivity contribution is 6.30. The summed E-state index contributed by atoms with van der Waals surface area (Å²) in [6, 6.07) is 3.42. The van der Waals surface area contributed by atoms with Crippen LogP contribution in [0.3, 0.4) is 0 Å². The first-order valence-corrected chi connectivity index (χ1v) is 7.94. The lowest BCUT2D eigenvalue weighted by molar-refractivity contribution is -0.143. The van der Waals surface area contributed by atoms with Crippen LogP contribution in [0.4, 0.5) is 0 Å². The average Bonchev–Trinajstić information content (AvgIpc) is 2.82. The number of esters is 1. The molecule has 6 nitrogen and oxygen atoms in total. The number of halogens is 1. The smallest absolute Gasteiger partial charge is 0.307 e. The van der Waals surface area contributed by atoms with Crippen molar-refractivity contribution in [3.63, 3.8) is 0 Å². The summed E-state index contributed by atoms with van der Waals surface area (Å²) in [6.07, 6.45) is 1.90. The molecule has 23 heavy (non-hydrogen) atoms. The second-order valence-electron chi connectivity index (χ2n) is 5.06.